The van der Waals surface area contributed by atoms with Crippen molar-refractivity contribution in [3.8, 4) is 0 Å². The van der Waals surface area contributed by atoms with Crippen molar-refractivity contribution < 1.29 is 22.8 Å². The Morgan fingerprint density at radius 3 is 2.35 bits per heavy atom. The number of nitrogens with two attached hydrogens (primary N) is 1. The monoisotopic (exact) mass is 677 g/mol. The van der Waals surface area contributed by atoms with Crippen molar-refractivity contribution in [3.05, 3.63) is 101 Å². The number of nitrogens with one attached hydrogen (secondary N) is 2. The molecule has 0 aromatic heterocycles. The first-order valence-electron chi connectivity index (χ1n) is 16.7. The molecule has 2 amide bonds. The van der Waals surface area contributed by atoms with Crippen molar-refractivity contribution in [2.75, 3.05) is 61.8 Å². The number of amidine groups is 1. The number of anilines is 3. The summed E-state index contributed by atoms with van der Waals surface area (Å²) in [5, 5.41) is 5.59. The zero-order chi connectivity index (χ0) is 35.4. The minimum Gasteiger partial charge on any atom is -0.384 e. The molecule has 0 unspecified atom stereocenters. The summed E-state index contributed by atoms with van der Waals surface area (Å²) in [6, 6.07) is 17.4. The molecule has 4 N–H and O–H groups in total. The molecular formula is C37H46F3N7O2. The van der Waals surface area contributed by atoms with Crippen LogP contribution in [0.2, 0.25) is 0 Å². The maximum Gasteiger partial charge on any atom is 0.416 e. The van der Waals surface area contributed by atoms with Gasteiger partial charge in [0, 0.05) is 55.9 Å². The summed E-state index contributed by atoms with van der Waals surface area (Å²) < 4.78 is 39.1. The predicted molar refractivity (Wildman–Crippen MR) is 191 cm³/mol. The van der Waals surface area contributed by atoms with Crippen molar-refractivity contribution in [1.82, 2.24) is 9.80 Å². The Hall–Kier alpha value is -4.68. The number of likely N-dealkylation sites (N-methyl/N-ethyl adjacent to an activating group) is 2. The molecule has 3 aromatic rings. The molecule has 1 aliphatic heterocycles. The van der Waals surface area contributed by atoms with Gasteiger partial charge in [-0.3, -0.25) is 9.59 Å². The molecule has 1 aliphatic rings. The number of benzene rings is 3. The second-order valence-corrected chi connectivity index (χ2v) is 12.1. The van der Waals surface area contributed by atoms with Gasteiger partial charge >= 0.3 is 6.18 Å². The van der Waals surface area contributed by atoms with Gasteiger partial charge in [0.25, 0.3) is 11.8 Å². The number of rotatable bonds is 14. The van der Waals surface area contributed by atoms with Crippen LogP contribution in [0.4, 0.5) is 30.2 Å². The summed E-state index contributed by atoms with van der Waals surface area (Å²) in [6.07, 6.45) is 1.34. The molecule has 1 saturated heterocycles. The third-order valence-electron chi connectivity index (χ3n) is 8.49. The van der Waals surface area contributed by atoms with Crippen molar-refractivity contribution in [1.29, 1.82) is 0 Å². The van der Waals surface area contributed by atoms with Crippen molar-refractivity contribution in [2.45, 2.75) is 45.8 Å². The molecule has 49 heavy (non-hydrogen) atoms. The molecule has 1 heterocycles. The van der Waals surface area contributed by atoms with E-state index in [-0.39, 0.29) is 23.0 Å². The number of hydrogen-bond acceptors (Lipinski definition) is 6. The largest absolute Gasteiger partial charge is 0.416 e. The van der Waals surface area contributed by atoms with Crippen LogP contribution in [-0.2, 0) is 12.7 Å². The average Bonchev–Trinajstić information content (AvgIpc) is 3.09. The molecule has 12 heteroatoms. The lowest BCUT2D eigenvalue weighted by atomic mass is 10.1. The Labute approximate surface area is 286 Å². The SMILES string of the molecule is CCN(CC)CCN(C)Cc1ccc(C(=O)Nc2ccc(N3CCCCC3)cc2C(=O)N=C(N)/C=C\Nc2cccc(C(F)(F)F)c2)cc1. The standard InChI is InChI=1S/C37H46F3N7O2/c1-4-46(5-2)23-22-45(3)26-27-12-14-28(15-13-27)35(48)43-33-17-16-31(47-20-7-6-8-21-47)25-32(33)36(49)44-34(41)18-19-42-30-11-9-10-29(24-30)37(38,39)40/h9-19,24-25,42H,4-8,20-23,26H2,1-3H3,(H,43,48)(H2,41,44,49)/b19-18-. The van der Waals surface area contributed by atoms with Gasteiger partial charge in [0.15, 0.2) is 0 Å². The summed E-state index contributed by atoms with van der Waals surface area (Å²) in [6.45, 7) is 10.7. The topological polar surface area (TPSA) is 106 Å². The molecule has 0 atom stereocenters. The summed E-state index contributed by atoms with van der Waals surface area (Å²) >= 11 is 0. The van der Waals surface area contributed by atoms with Crippen LogP contribution in [0.15, 0.2) is 84.0 Å². The van der Waals surface area contributed by atoms with Crippen LogP contribution in [0.5, 0.6) is 0 Å². The zero-order valence-corrected chi connectivity index (χ0v) is 28.4. The molecule has 4 rings (SSSR count). The maximum absolute atomic E-state index is 13.5. The normalized spacial score (nSPS) is 14.1. The van der Waals surface area contributed by atoms with E-state index in [0.717, 1.165) is 88.5 Å². The van der Waals surface area contributed by atoms with Crippen LogP contribution in [0, 0.1) is 0 Å². The van der Waals surface area contributed by atoms with E-state index in [1.807, 2.05) is 18.2 Å². The second-order valence-electron chi connectivity index (χ2n) is 12.1. The van der Waals surface area contributed by atoms with Gasteiger partial charge in [-0.05, 0) is 99.6 Å². The minimum absolute atomic E-state index is 0.164. The van der Waals surface area contributed by atoms with Crippen LogP contribution in [-0.4, -0.2) is 73.8 Å². The highest BCUT2D eigenvalue weighted by Gasteiger charge is 2.30. The van der Waals surface area contributed by atoms with E-state index in [1.54, 1.807) is 24.3 Å². The first-order valence-corrected chi connectivity index (χ1v) is 16.7. The molecule has 1 fully saturated rings. The second kappa shape index (κ2) is 17.6. The molecule has 0 radical (unpaired) electrons. The number of carbonyl (C=O) groups is 2. The number of hydrogen-bond donors (Lipinski definition) is 3. The lowest BCUT2D eigenvalue weighted by molar-refractivity contribution is -0.137. The molecule has 0 aliphatic carbocycles. The van der Waals surface area contributed by atoms with Crippen LogP contribution >= 0.6 is 0 Å². The Kier molecular flexibility index (Phi) is 13.4. The predicted octanol–water partition coefficient (Wildman–Crippen LogP) is 6.84. The fourth-order valence-corrected chi connectivity index (χ4v) is 5.59. The highest BCUT2D eigenvalue weighted by molar-refractivity contribution is 6.12. The van der Waals surface area contributed by atoms with Gasteiger partial charge in [-0.1, -0.05) is 32.0 Å². The summed E-state index contributed by atoms with van der Waals surface area (Å²) in [5.74, 6) is -1.20. The van der Waals surface area contributed by atoms with E-state index >= 15 is 0 Å². The van der Waals surface area contributed by atoms with E-state index in [1.165, 1.54) is 24.4 Å². The van der Waals surface area contributed by atoms with E-state index < -0.39 is 17.6 Å². The van der Waals surface area contributed by atoms with Gasteiger partial charge < -0.3 is 31.1 Å². The molecule has 3 aromatic carbocycles. The van der Waals surface area contributed by atoms with E-state index in [2.05, 4.69) is 51.2 Å². The van der Waals surface area contributed by atoms with Crippen LogP contribution < -0.4 is 21.3 Å². The van der Waals surface area contributed by atoms with Crippen LogP contribution in [0.1, 0.15) is 65.0 Å². The van der Waals surface area contributed by atoms with Crippen LogP contribution in [0.3, 0.4) is 0 Å². The number of alkyl halides is 3. The van der Waals surface area contributed by atoms with Gasteiger partial charge in [0.1, 0.15) is 5.84 Å². The van der Waals surface area contributed by atoms with E-state index in [4.69, 9.17) is 5.73 Å². The molecule has 0 spiro atoms. The van der Waals surface area contributed by atoms with Crippen LogP contribution in [0.25, 0.3) is 0 Å². The zero-order valence-electron chi connectivity index (χ0n) is 28.4. The van der Waals surface area contributed by atoms with E-state index in [0.29, 0.717) is 11.3 Å². The fraction of sp³-hybridized carbons (Fsp3) is 0.378. The molecule has 262 valence electrons. The Balaban J connectivity index is 1.47. The summed E-state index contributed by atoms with van der Waals surface area (Å²) in [5.41, 5.74) is 8.24. The summed E-state index contributed by atoms with van der Waals surface area (Å²) in [7, 11) is 2.08. The summed E-state index contributed by atoms with van der Waals surface area (Å²) in [4.78, 5) is 37.6. The smallest absolute Gasteiger partial charge is 0.384 e. The number of halogens is 3. The number of amides is 2. The Morgan fingerprint density at radius 2 is 1.67 bits per heavy atom. The van der Waals surface area contributed by atoms with Gasteiger partial charge in [0.2, 0.25) is 0 Å². The number of piperidine rings is 1. The molecule has 9 nitrogen and oxygen atoms in total. The highest BCUT2D eigenvalue weighted by Crippen LogP contribution is 2.31. The van der Waals surface area contributed by atoms with Crippen molar-refractivity contribution in [2.24, 2.45) is 10.7 Å². The maximum atomic E-state index is 13.5. The number of carbonyl (C=O) groups excluding carboxylic acids is 2. The lowest BCUT2D eigenvalue weighted by Gasteiger charge is -2.29. The number of nitrogens with zero attached hydrogens (tertiary/aromatic N) is 4. The lowest BCUT2D eigenvalue weighted by Crippen LogP contribution is -2.32. The van der Waals surface area contributed by atoms with Crippen molar-refractivity contribution in [3.63, 3.8) is 0 Å². The van der Waals surface area contributed by atoms with E-state index in [9.17, 15) is 22.8 Å². The minimum atomic E-state index is -4.48. The van der Waals surface area contributed by atoms with Gasteiger partial charge in [-0.25, -0.2) is 0 Å². The first-order chi connectivity index (χ1) is 23.5. The van der Waals surface area contributed by atoms with Crippen molar-refractivity contribution >= 4 is 34.7 Å². The number of aliphatic imine (C=N–C) groups is 1. The van der Waals surface area contributed by atoms with Gasteiger partial charge in [-0.15, -0.1) is 0 Å². The first kappa shape index (κ1) is 37.1. The molecular weight excluding hydrogens is 631 g/mol. The quantitative estimate of drug-likeness (QED) is 0.127. The molecule has 0 bridgehead atoms. The fourth-order valence-electron chi connectivity index (χ4n) is 5.59. The van der Waals surface area contributed by atoms with Gasteiger partial charge in [0.05, 0.1) is 16.8 Å². The Morgan fingerprint density at radius 1 is 0.959 bits per heavy atom. The highest BCUT2D eigenvalue weighted by atomic mass is 19.4. The third kappa shape index (κ3) is 11.2. The third-order valence-corrected chi connectivity index (χ3v) is 8.49. The molecule has 0 saturated carbocycles. The average molecular weight is 678 g/mol. The van der Waals surface area contributed by atoms with Gasteiger partial charge in [-0.2, -0.15) is 18.2 Å². The Bertz CT molecular complexity index is 1610.